The molecule has 5 rings (SSSR count). The number of amides is 2. The summed E-state index contributed by atoms with van der Waals surface area (Å²) in [6, 6.07) is 9.32. The molecular weight excluding hydrogens is 466 g/mol. The lowest BCUT2D eigenvalue weighted by molar-refractivity contribution is -0.117. The van der Waals surface area contributed by atoms with Crippen molar-refractivity contribution in [3.63, 3.8) is 0 Å². The van der Waals surface area contributed by atoms with E-state index in [1.165, 1.54) is 6.26 Å². The number of carbonyl (C=O) groups is 2. The van der Waals surface area contributed by atoms with Gasteiger partial charge in [-0.15, -0.1) is 0 Å². The second-order valence-corrected chi connectivity index (χ2v) is 12.2. The molecule has 2 aromatic rings. The van der Waals surface area contributed by atoms with Crippen LogP contribution in [0.2, 0.25) is 0 Å². The summed E-state index contributed by atoms with van der Waals surface area (Å²) in [6.07, 6.45) is 6.16. The van der Waals surface area contributed by atoms with Gasteiger partial charge in [0.2, 0.25) is 15.9 Å². The molecule has 8 nitrogen and oxygen atoms in total. The molecule has 0 bridgehead atoms. The fourth-order valence-corrected chi connectivity index (χ4v) is 7.56. The van der Waals surface area contributed by atoms with Gasteiger partial charge in [0, 0.05) is 26.6 Å². The molecule has 2 fully saturated rings. The first-order valence-corrected chi connectivity index (χ1v) is 14.1. The molecule has 1 aliphatic carbocycles. The van der Waals surface area contributed by atoms with E-state index >= 15 is 0 Å². The van der Waals surface area contributed by atoms with Gasteiger partial charge in [0.05, 0.1) is 29.4 Å². The zero-order chi connectivity index (χ0) is 24.7. The van der Waals surface area contributed by atoms with Crippen molar-refractivity contribution in [1.29, 1.82) is 0 Å². The van der Waals surface area contributed by atoms with Gasteiger partial charge in [0.15, 0.2) is 5.76 Å². The Labute approximate surface area is 206 Å². The van der Waals surface area contributed by atoms with E-state index in [2.05, 4.69) is 12.1 Å². The average molecular weight is 500 g/mol. The van der Waals surface area contributed by atoms with Gasteiger partial charge < -0.3 is 14.2 Å². The predicted molar refractivity (Wildman–Crippen MR) is 134 cm³/mol. The fraction of sp³-hybridized carbons (Fsp3) is 0.538. The van der Waals surface area contributed by atoms with Crippen LogP contribution in [-0.4, -0.2) is 56.0 Å². The molecule has 0 unspecified atom stereocenters. The Hall–Kier alpha value is -2.65. The van der Waals surface area contributed by atoms with E-state index < -0.39 is 10.0 Å². The Morgan fingerprint density at radius 1 is 1.09 bits per heavy atom. The van der Waals surface area contributed by atoms with Crippen LogP contribution in [-0.2, 0) is 14.8 Å². The molecule has 2 aliphatic heterocycles. The van der Waals surface area contributed by atoms with E-state index in [-0.39, 0.29) is 29.4 Å². The van der Waals surface area contributed by atoms with Crippen molar-refractivity contribution < 1.29 is 22.4 Å². The van der Waals surface area contributed by atoms with E-state index in [0.717, 1.165) is 49.0 Å². The molecule has 0 spiro atoms. The third kappa shape index (κ3) is 4.63. The van der Waals surface area contributed by atoms with Gasteiger partial charge in [0.1, 0.15) is 0 Å². The Morgan fingerprint density at radius 2 is 1.86 bits per heavy atom. The highest BCUT2D eigenvalue weighted by molar-refractivity contribution is 7.89. The van der Waals surface area contributed by atoms with Crippen LogP contribution in [0.25, 0.3) is 0 Å². The van der Waals surface area contributed by atoms with Gasteiger partial charge in [-0.2, -0.15) is 0 Å². The lowest BCUT2D eigenvalue weighted by Gasteiger charge is -2.41. The fourth-order valence-electron chi connectivity index (χ4n) is 5.96. The van der Waals surface area contributed by atoms with Crippen LogP contribution in [0.4, 0.5) is 11.4 Å². The highest BCUT2D eigenvalue weighted by Gasteiger charge is 2.36. The van der Waals surface area contributed by atoms with Crippen molar-refractivity contribution in [3.8, 4) is 0 Å². The predicted octanol–water partition coefficient (Wildman–Crippen LogP) is 3.99. The van der Waals surface area contributed by atoms with Gasteiger partial charge in [-0.25, -0.2) is 12.7 Å². The van der Waals surface area contributed by atoms with E-state index in [4.69, 9.17) is 4.42 Å². The molecule has 0 radical (unpaired) electrons. The van der Waals surface area contributed by atoms with Crippen LogP contribution in [0, 0.1) is 5.92 Å². The van der Waals surface area contributed by atoms with Crippen molar-refractivity contribution in [2.24, 2.45) is 5.92 Å². The highest BCUT2D eigenvalue weighted by Crippen LogP contribution is 2.42. The molecule has 2 amide bonds. The van der Waals surface area contributed by atoms with Crippen LogP contribution in [0.5, 0.6) is 0 Å². The number of furan rings is 1. The molecule has 3 heterocycles. The molecule has 1 saturated heterocycles. The van der Waals surface area contributed by atoms with E-state index in [1.807, 2.05) is 13.0 Å². The first kappa shape index (κ1) is 24.1. The molecule has 35 heavy (non-hydrogen) atoms. The summed E-state index contributed by atoms with van der Waals surface area (Å²) in [4.78, 5) is 29.2. The minimum atomic E-state index is -3.06. The summed E-state index contributed by atoms with van der Waals surface area (Å²) in [5.74, 6) is 1.04. The Bertz CT molecular complexity index is 1200. The van der Waals surface area contributed by atoms with E-state index in [1.54, 1.807) is 33.2 Å². The Balaban J connectivity index is 1.36. The first-order valence-electron chi connectivity index (χ1n) is 12.5. The number of rotatable bonds is 4. The number of fused-ring (bicyclic) bond motifs is 1. The largest absolute Gasteiger partial charge is 0.459 e. The zero-order valence-corrected chi connectivity index (χ0v) is 21.2. The maximum atomic E-state index is 13.3. The molecule has 3 aliphatic rings. The monoisotopic (exact) mass is 499 g/mol. The number of sulfonamides is 1. The maximum Gasteiger partial charge on any atom is 0.294 e. The molecule has 1 aromatic heterocycles. The molecular formula is C26H33N3O5S. The third-order valence-electron chi connectivity index (χ3n) is 7.74. The minimum absolute atomic E-state index is 0.0472. The maximum absolute atomic E-state index is 13.3. The van der Waals surface area contributed by atoms with Crippen LogP contribution in [0.15, 0.2) is 41.0 Å². The average Bonchev–Trinajstić information content (AvgIpc) is 3.48. The van der Waals surface area contributed by atoms with Gasteiger partial charge in [0.25, 0.3) is 5.91 Å². The second kappa shape index (κ2) is 9.43. The summed E-state index contributed by atoms with van der Waals surface area (Å²) >= 11 is 0. The highest BCUT2D eigenvalue weighted by atomic mass is 32.2. The first-order chi connectivity index (χ1) is 16.7. The number of hydrogen-bond donors (Lipinski definition) is 0. The van der Waals surface area contributed by atoms with Crippen molar-refractivity contribution in [2.45, 2.75) is 57.9 Å². The van der Waals surface area contributed by atoms with Gasteiger partial charge in [-0.1, -0.05) is 6.07 Å². The van der Waals surface area contributed by atoms with Crippen LogP contribution < -0.4 is 9.80 Å². The van der Waals surface area contributed by atoms with Crippen molar-refractivity contribution in [1.82, 2.24) is 4.31 Å². The van der Waals surface area contributed by atoms with E-state index in [9.17, 15) is 18.0 Å². The lowest BCUT2D eigenvalue weighted by Crippen LogP contribution is -2.51. The van der Waals surface area contributed by atoms with Crippen LogP contribution in [0.1, 0.15) is 68.0 Å². The van der Waals surface area contributed by atoms with E-state index in [0.29, 0.717) is 31.5 Å². The summed E-state index contributed by atoms with van der Waals surface area (Å²) < 4.78 is 31.4. The Kier molecular flexibility index (Phi) is 6.48. The number of benzene rings is 1. The quantitative estimate of drug-likeness (QED) is 0.634. The number of anilines is 2. The number of carbonyl (C=O) groups excluding carboxylic acids is 2. The Morgan fingerprint density at radius 3 is 2.49 bits per heavy atom. The summed E-state index contributed by atoms with van der Waals surface area (Å²) in [6.45, 7) is 5.18. The molecule has 9 heteroatoms. The van der Waals surface area contributed by atoms with Crippen molar-refractivity contribution >= 4 is 33.2 Å². The molecule has 188 valence electrons. The third-order valence-corrected chi connectivity index (χ3v) is 9.66. The van der Waals surface area contributed by atoms with Gasteiger partial charge in [-0.05, 0) is 80.7 Å². The van der Waals surface area contributed by atoms with Crippen LogP contribution >= 0.6 is 0 Å². The summed E-state index contributed by atoms with van der Waals surface area (Å²) in [5, 5.41) is 0. The molecule has 1 saturated carbocycles. The van der Waals surface area contributed by atoms with Crippen molar-refractivity contribution in [2.75, 3.05) is 35.2 Å². The summed E-state index contributed by atoms with van der Waals surface area (Å²) in [7, 11) is -3.06. The number of nitrogens with zero attached hydrogens (tertiary/aromatic N) is 3. The molecule has 1 aromatic carbocycles. The van der Waals surface area contributed by atoms with Crippen molar-refractivity contribution in [3.05, 3.63) is 47.9 Å². The standard InChI is InChI=1S/C26H33N3O5S/c1-18-16-28(26(31)25-5-3-13-34-25)24-15-22(10-11-23(24)29(18)19(2)30)21-8-6-20(7-9-21)17-27-12-4-14-35(27,32)33/h3,5,10-11,13,15,18,20-21H,4,6-9,12,14,16-17H2,1-2H3/t18-,20?,21?/m0/s1. The topological polar surface area (TPSA) is 91.1 Å². The summed E-state index contributed by atoms with van der Waals surface area (Å²) in [5.41, 5.74) is 2.64. The smallest absolute Gasteiger partial charge is 0.294 e. The minimum Gasteiger partial charge on any atom is -0.459 e. The number of hydrogen-bond acceptors (Lipinski definition) is 5. The lowest BCUT2D eigenvalue weighted by atomic mass is 9.78. The molecule has 0 N–H and O–H groups in total. The normalized spacial score (nSPS) is 26.5. The molecule has 1 atom stereocenters. The SMILES string of the molecule is CC(=O)N1c2ccc(C3CCC(CN4CCCS4(=O)=O)CC3)cc2N(C(=O)c2ccco2)C[C@@H]1C. The van der Waals surface area contributed by atoms with Gasteiger partial charge >= 0.3 is 0 Å². The van der Waals surface area contributed by atoms with Gasteiger partial charge in [-0.3, -0.25) is 9.59 Å². The van der Waals surface area contributed by atoms with Crippen LogP contribution in [0.3, 0.4) is 0 Å². The zero-order valence-electron chi connectivity index (χ0n) is 20.4. The second-order valence-electron chi connectivity index (χ2n) is 10.1.